The maximum absolute atomic E-state index is 9.62. The van der Waals surface area contributed by atoms with Crippen molar-refractivity contribution in [2.45, 2.75) is 57.2 Å². The van der Waals surface area contributed by atoms with E-state index in [4.69, 9.17) is 11.6 Å². The lowest BCUT2D eigenvalue weighted by Gasteiger charge is -2.46. The monoisotopic (exact) mass is 402 g/mol. The third kappa shape index (κ3) is 4.60. The molecule has 1 aliphatic heterocycles. The van der Waals surface area contributed by atoms with Gasteiger partial charge in [0, 0.05) is 55.5 Å². The lowest BCUT2D eigenvalue weighted by molar-refractivity contribution is 0.0137. The number of piperazine rings is 1. The molecule has 28 heavy (non-hydrogen) atoms. The van der Waals surface area contributed by atoms with Gasteiger partial charge in [0.25, 0.3) is 0 Å². The average Bonchev–Trinajstić information content (AvgIpc) is 3.18. The highest BCUT2D eigenvalue weighted by atomic mass is 35.5. The molecule has 1 saturated heterocycles. The molecule has 2 aliphatic rings. The van der Waals surface area contributed by atoms with Crippen LogP contribution in [-0.2, 0) is 6.54 Å². The standard InChI is InChI=1S/C22H31ClN4O/c23-19-8-6-17(7-9-19)22-18(14-24-25-22)15-26-11-12-27(21(16-26)10-13-28)20-4-2-1-3-5-20/h6-9,14,20-21,28H,1-5,10-13,15-16H2,(H,24,25)/t21-/m1/s1. The van der Waals surface area contributed by atoms with Crippen molar-refractivity contribution in [2.24, 2.45) is 0 Å². The quantitative estimate of drug-likeness (QED) is 0.768. The van der Waals surface area contributed by atoms with Crippen LogP contribution in [0.5, 0.6) is 0 Å². The molecule has 1 atom stereocenters. The second kappa shape index (κ2) is 9.40. The van der Waals surface area contributed by atoms with E-state index in [1.165, 1.54) is 37.7 Å². The van der Waals surface area contributed by atoms with Gasteiger partial charge in [0.05, 0.1) is 11.9 Å². The summed E-state index contributed by atoms with van der Waals surface area (Å²) in [5, 5.41) is 17.8. The predicted molar refractivity (Wildman–Crippen MR) is 113 cm³/mol. The van der Waals surface area contributed by atoms with Gasteiger partial charge in [-0.25, -0.2) is 0 Å². The summed E-state index contributed by atoms with van der Waals surface area (Å²) in [6.45, 7) is 4.34. The molecular formula is C22H31ClN4O. The number of aliphatic hydroxyl groups is 1. The fourth-order valence-corrected chi connectivity index (χ4v) is 5.04. The highest BCUT2D eigenvalue weighted by Crippen LogP contribution is 2.29. The minimum absolute atomic E-state index is 0.267. The summed E-state index contributed by atoms with van der Waals surface area (Å²) in [6, 6.07) is 9.08. The van der Waals surface area contributed by atoms with Crippen LogP contribution in [0.15, 0.2) is 30.5 Å². The Morgan fingerprint density at radius 1 is 1.11 bits per heavy atom. The van der Waals surface area contributed by atoms with Gasteiger partial charge in [-0.15, -0.1) is 0 Å². The molecule has 4 rings (SSSR count). The Bertz CT molecular complexity index is 741. The number of H-pyrrole nitrogens is 1. The van der Waals surface area contributed by atoms with Crippen molar-refractivity contribution < 1.29 is 5.11 Å². The number of aliphatic hydroxyl groups excluding tert-OH is 1. The lowest BCUT2D eigenvalue weighted by atomic mass is 9.91. The lowest BCUT2D eigenvalue weighted by Crippen LogP contribution is -2.56. The van der Waals surface area contributed by atoms with Gasteiger partial charge in [-0.05, 0) is 37.0 Å². The van der Waals surface area contributed by atoms with Gasteiger partial charge in [0.2, 0.25) is 0 Å². The highest BCUT2D eigenvalue weighted by molar-refractivity contribution is 6.30. The van der Waals surface area contributed by atoms with Gasteiger partial charge in [0.1, 0.15) is 0 Å². The van der Waals surface area contributed by atoms with Crippen LogP contribution in [-0.4, -0.2) is 63.4 Å². The van der Waals surface area contributed by atoms with Crippen LogP contribution in [0, 0.1) is 0 Å². The molecule has 0 bridgehead atoms. The minimum atomic E-state index is 0.267. The van der Waals surface area contributed by atoms with Crippen LogP contribution in [0.25, 0.3) is 11.3 Å². The van der Waals surface area contributed by atoms with E-state index in [0.29, 0.717) is 12.1 Å². The SMILES string of the molecule is OCC[C@@H]1CN(Cc2cn[nH]c2-c2ccc(Cl)cc2)CCN1C1CCCCC1. The molecule has 1 aromatic heterocycles. The number of nitrogens with zero attached hydrogens (tertiary/aromatic N) is 3. The number of rotatable bonds is 6. The first-order chi connectivity index (χ1) is 13.7. The van der Waals surface area contributed by atoms with Crippen molar-refractivity contribution in [1.29, 1.82) is 0 Å². The molecule has 152 valence electrons. The molecule has 0 radical (unpaired) electrons. The largest absolute Gasteiger partial charge is 0.396 e. The summed E-state index contributed by atoms with van der Waals surface area (Å²) >= 11 is 6.03. The van der Waals surface area contributed by atoms with Gasteiger partial charge in [-0.2, -0.15) is 5.10 Å². The molecule has 0 unspecified atom stereocenters. The van der Waals surface area contributed by atoms with Gasteiger partial charge in [-0.3, -0.25) is 14.9 Å². The zero-order chi connectivity index (χ0) is 19.3. The van der Waals surface area contributed by atoms with Crippen LogP contribution in [0.1, 0.15) is 44.1 Å². The first-order valence-electron chi connectivity index (χ1n) is 10.6. The normalized spacial score (nSPS) is 22.6. The predicted octanol–water partition coefficient (Wildman–Crippen LogP) is 3.93. The Morgan fingerprint density at radius 2 is 1.89 bits per heavy atom. The molecule has 2 heterocycles. The maximum atomic E-state index is 9.62. The van der Waals surface area contributed by atoms with Crippen molar-refractivity contribution in [1.82, 2.24) is 20.0 Å². The fourth-order valence-electron chi connectivity index (χ4n) is 4.92. The summed E-state index contributed by atoms with van der Waals surface area (Å²) in [5.41, 5.74) is 3.41. The second-order valence-corrected chi connectivity index (χ2v) is 8.64. The minimum Gasteiger partial charge on any atom is -0.396 e. The Hall–Kier alpha value is -1.40. The maximum Gasteiger partial charge on any atom is 0.0695 e. The molecule has 5 nitrogen and oxygen atoms in total. The van der Waals surface area contributed by atoms with Crippen molar-refractivity contribution >= 4 is 11.6 Å². The van der Waals surface area contributed by atoms with E-state index in [9.17, 15) is 5.11 Å². The van der Waals surface area contributed by atoms with E-state index in [0.717, 1.165) is 48.9 Å². The fraction of sp³-hybridized carbons (Fsp3) is 0.591. The van der Waals surface area contributed by atoms with E-state index >= 15 is 0 Å². The highest BCUT2D eigenvalue weighted by Gasteiger charge is 2.32. The smallest absolute Gasteiger partial charge is 0.0695 e. The molecule has 1 aliphatic carbocycles. The molecule has 0 spiro atoms. The number of nitrogens with one attached hydrogen (secondary N) is 1. The number of aromatic nitrogens is 2. The van der Waals surface area contributed by atoms with Crippen LogP contribution in [0.3, 0.4) is 0 Å². The van der Waals surface area contributed by atoms with Crippen molar-refractivity contribution in [2.75, 3.05) is 26.2 Å². The number of aromatic amines is 1. The molecule has 1 saturated carbocycles. The summed E-state index contributed by atoms with van der Waals surface area (Å²) in [6.07, 6.45) is 9.55. The zero-order valence-electron chi connectivity index (χ0n) is 16.5. The summed E-state index contributed by atoms with van der Waals surface area (Å²) in [7, 11) is 0. The molecule has 2 fully saturated rings. The Kier molecular flexibility index (Phi) is 6.68. The molecule has 2 N–H and O–H groups in total. The van der Waals surface area contributed by atoms with Crippen molar-refractivity contribution in [3.8, 4) is 11.3 Å². The van der Waals surface area contributed by atoms with Crippen LogP contribution in [0.2, 0.25) is 5.02 Å². The van der Waals surface area contributed by atoms with E-state index in [1.54, 1.807) is 0 Å². The summed E-state index contributed by atoms with van der Waals surface area (Å²) in [5.74, 6) is 0. The first-order valence-corrected chi connectivity index (χ1v) is 11.0. The molecule has 0 amide bonds. The summed E-state index contributed by atoms with van der Waals surface area (Å²) < 4.78 is 0. The Balaban J connectivity index is 1.43. The van der Waals surface area contributed by atoms with Crippen LogP contribution in [0.4, 0.5) is 0 Å². The topological polar surface area (TPSA) is 55.4 Å². The van der Waals surface area contributed by atoms with Gasteiger partial charge >= 0.3 is 0 Å². The molecule has 1 aromatic carbocycles. The number of hydrogen-bond donors (Lipinski definition) is 2. The summed E-state index contributed by atoms with van der Waals surface area (Å²) in [4.78, 5) is 5.21. The third-order valence-electron chi connectivity index (χ3n) is 6.36. The number of halogens is 1. The van der Waals surface area contributed by atoms with E-state index in [-0.39, 0.29) is 6.61 Å². The number of hydrogen-bond acceptors (Lipinski definition) is 4. The molecular weight excluding hydrogens is 372 g/mol. The van der Waals surface area contributed by atoms with Gasteiger partial charge in [-0.1, -0.05) is 43.0 Å². The third-order valence-corrected chi connectivity index (χ3v) is 6.62. The van der Waals surface area contributed by atoms with E-state index < -0.39 is 0 Å². The molecule has 6 heteroatoms. The van der Waals surface area contributed by atoms with E-state index in [2.05, 4.69) is 20.0 Å². The van der Waals surface area contributed by atoms with E-state index in [1.807, 2.05) is 30.5 Å². The van der Waals surface area contributed by atoms with Crippen molar-refractivity contribution in [3.05, 3.63) is 41.0 Å². The van der Waals surface area contributed by atoms with Gasteiger partial charge in [0.15, 0.2) is 0 Å². The van der Waals surface area contributed by atoms with Crippen LogP contribution >= 0.6 is 11.6 Å². The second-order valence-electron chi connectivity index (χ2n) is 8.21. The van der Waals surface area contributed by atoms with Crippen molar-refractivity contribution in [3.63, 3.8) is 0 Å². The Morgan fingerprint density at radius 3 is 2.64 bits per heavy atom. The zero-order valence-corrected chi connectivity index (χ0v) is 17.2. The Labute approximate surface area is 172 Å². The number of benzene rings is 1. The van der Waals surface area contributed by atoms with Crippen LogP contribution < -0.4 is 0 Å². The first kappa shape index (κ1) is 19.9. The molecule has 2 aromatic rings. The average molecular weight is 403 g/mol. The van der Waals surface area contributed by atoms with Gasteiger partial charge < -0.3 is 5.11 Å².